The van der Waals surface area contributed by atoms with E-state index in [1.807, 2.05) is 42.2 Å². The van der Waals surface area contributed by atoms with E-state index < -0.39 is 0 Å². The number of amides is 2. The van der Waals surface area contributed by atoms with Crippen LogP contribution in [0.4, 0.5) is 10.6 Å². The van der Waals surface area contributed by atoms with Crippen molar-refractivity contribution in [2.24, 2.45) is 0 Å². The molecule has 0 spiro atoms. The zero-order chi connectivity index (χ0) is 26.8. The van der Waals surface area contributed by atoms with Crippen molar-refractivity contribution < 1.29 is 14.3 Å². The van der Waals surface area contributed by atoms with E-state index in [1.54, 1.807) is 41.1 Å². The number of rotatable bonds is 5. The number of carbonyl (C=O) groups excluding carboxylic acids is 2. The van der Waals surface area contributed by atoms with Crippen molar-refractivity contribution >= 4 is 57.8 Å². The number of aromatic nitrogens is 2. The van der Waals surface area contributed by atoms with Gasteiger partial charge in [0.1, 0.15) is 15.8 Å². The van der Waals surface area contributed by atoms with Gasteiger partial charge in [0.25, 0.3) is 11.5 Å². The number of carbonyl (C=O) groups is 2. The maximum atomic E-state index is 13.6. The Morgan fingerprint density at radius 2 is 1.84 bits per heavy atom. The summed E-state index contributed by atoms with van der Waals surface area (Å²) >= 11 is 6.71. The minimum atomic E-state index is -0.351. The molecule has 0 saturated carbocycles. The van der Waals surface area contributed by atoms with Crippen LogP contribution in [0.25, 0.3) is 11.7 Å². The fourth-order valence-electron chi connectivity index (χ4n) is 4.42. The van der Waals surface area contributed by atoms with Gasteiger partial charge >= 0.3 is 6.09 Å². The van der Waals surface area contributed by atoms with E-state index in [0.29, 0.717) is 65.6 Å². The molecule has 2 saturated heterocycles. The molecule has 0 N–H and O–H groups in total. The minimum Gasteiger partial charge on any atom is -0.450 e. The van der Waals surface area contributed by atoms with Crippen LogP contribution in [0.2, 0.25) is 0 Å². The molecule has 4 heterocycles. The lowest BCUT2D eigenvalue weighted by Crippen LogP contribution is -2.49. The Kier molecular flexibility index (Phi) is 7.48. The lowest BCUT2D eigenvalue weighted by Gasteiger charge is -2.35. The van der Waals surface area contributed by atoms with Crippen molar-refractivity contribution in [3.8, 4) is 0 Å². The summed E-state index contributed by atoms with van der Waals surface area (Å²) in [4.78, 5) is 49.5. The zero-order valence-corrected chi connectivity index (χ0v) is 22.8. The monoisotopic (exact) mass is 549 g/mol. The van der Waals surface area contributed by atoms with Crippen molar-refractivity contribution in [2.75, 3.05) is 37.7 Å². The number of anilines is 1. The molecule has 0 atom stereocenters. The predicted molar refractivity (Wildman–Crippen MR) is 152 cm³/mol. The molecule has 9 nitrogen and oxygen atoms in total. The Labute approximate surface area is 229 Å². The zero-order valence-electron chi connectivity index (χ0n) is 21.1. The van der Waals surface area contributed by atoms with Crippen LogP contribution in [0.3, 0.4) is 0 Å². The highest BCUT2D eigenvalue weighted by Gasteiger charge is 2.33. The van der Waals surface area contributed by atoms with E-state index in [2.05, 4.69) is 0 Å². The summed E-state index contributed by atoms with van der Waals surface area (Å²) in [6.07, 6.45) is 2.92. The average Bonchev–Trinajstić information content (AvgIpc) is 3.19. The van der Waals surface area contributed by atoms with Gasteiger partial charge in [-0.25, -0.2) is 9.78 Å². The van der Waals surface area contributed by atoms with E-state index >= 15 is 0 Å². The standard InChI is InChI=1S/C27H27N5O4S2/c1-3-36-26(35)30-14-12-29(13-15-30)23-20(24(33)31-11-5-4-6-22(31)28-23)16-21-25(34)32(27(37)38-21)17-19-9-7-18(2)8-10-19/h4-11,16H,3,12-15,17H2,1-2H3/b21-16-. The largest absolute Gasteiger partial charge is 0.450 e. The van der Waals surface area contributed by atoms with Gasteiger partial charge in [-0.15, -0.1) is 0 Å². The number of hydrogen-bond acceptors (Lipinski definition) is 8. The number of nitrogens with zero attached hydrogens (tertiary/aromatic N) is 5. The van der Waals surface area contributed by atoms with Crippen LogP contribution in [0, 0.1) is 6.92 Å². The number of benzene rings is 1. The molecule has 0 aliphatic carbocycles. The van der Waals surface area contributed by atoms with Crippen LogP contribution in [0.15, 0.2) is 58.4 Å². The van der Waals surface area contributed by atoms with Crippen molar-refractivity contribution in [3.63, 3.8) is 0 Å². The summed E-state index contributed by atoms with van der Waals surface area (Å²) in [5, 5.41) is 0. The molecule has 11 heteroatoms. The second-order valence-electron chi connectivity index (χ2n) is 9.01. The Morgan fingerprint density at radius 3 is 2.55 bits per heavy atom. The molecule has 2 aliphatic heterocycles. The van der Waals surface area contributed by atoms with Gasteiger partial charge in [0, 0.05) is 32.4 Å². The maximum Gasteiger partial charge on any atom is 0.409 e. The van der Waals surface area contributed by atoms with Gasteiger partial charge < -0.3 is 14.5 Å². The number of thioether (sulfide) groups is 1. The molecule has 0 bridgehead atoms. The van der Waals surface area contributed by atoms with Gasteiger partial charge in [-0.3, -0.25) is 18.9 Å². The van der Waals surface area contributed by atoms with Crippen molar-refractivity contribution in [3.05, 3.63) is 80.6 Å². The van der Waals surface area contributed by atoms with Crippen LogP contribution in [-0.2, 0) is 16.1 Å². The van der Waals surface area contributed by atoms with Crippen LogP contribution in [0.1, 0.15) is 23.6 Å². The SMILES string of the molecule is CCOC(=O)N1CCN(c2nc3ccccn3c(=O)c2/C=C2\SC(=S)N(Cc3ccc(C)cc3)C2=O)CC1. The Morgan fingerprint density at radius 1 is 1.11 bits per heavy atom. The second-order valence-corrected chi connectivity index (χ2v) is 10.7. The molecule has 2 fully saturated rings. The molecular weight excluding hydrogens is 522 g/mol. The highest BCUT2D eigenvalue weighted by atomic mass is 32.2. The van der Waals surface area contributed by atoms with Crippen LogP contribution in [-0.4, -0.2) is 68.3 Å². The van der Waals surface area contributed by atoms with Gasteiger partial charge in [0.15, 0.2) is 0 Å². The van der Waals surface area contributed by atoms with Gasteiger partial charge in [0.2, 0.25) is 0 Å². The summed E-state index contributed by atoms with van der Waals surface area (Å²) in [6, 6.07) is 13.3. The van der Waals surface area contributed by atoms with Crippen LogP contribution < -0.4 is 10.5 Å². The number of aryl methyl sites for hydroxylation is 1. The number of piperazine rings is 1. The van der Waals surface area contributed by atoms with Gasteiger partial charge in [-0.05, 0) is 37.6 Å². The second kappa shape index (κ2) is 11.0. The summed E-state index contributed by atoms with van der Waals surface area (Å²) < 4.78 is 7.04. The lowest BCUT2D eigenvalue weighted by atomic mass is 10.1. The topological polar surface area (TPSA) is 87.5 Å². The third-order valence-corrected chi connectivity index (χ3v) is 7.84. The molecule has 2 aromatic heterocycles. The predicted octanol–water partition coefficient (Wildman–Crippen LogP) is 3.68. The average molecular weight is 550 g/mol. The van der Waals surface area contributed by atoms with E-state index in [1.165, 1.54) is 16.2 Å². The first-order valence-electron chi connectivity index (χ1n) is 12.3. The van der Waals surface area contributed by atoms with E-state index in [4.69, 9.17) is 21.9 Å². The Balaban J connectivity index is 1.48. The van der Waals surface area contributed by atoms with E-state index in [-0.39, 0.29) is 17.6 Å². The van der Waals surface area contributed by atoms with Crippen molar-refractivity contribution in [1.82, 2.24) is 19.2 Å². The highest BCUT2D eigenvalue weighted by molar-refractivity contribution is 8.26. The first-order chi connectivity index (χ1) is 18.4. The number of hydrogen-bond donors (Lipinski definition) is 0. The summed E-state index contributed by atoms with van der Waals surface area (Å²) in [5.74, 6) is 0.240. The fourth-order valence-corrected chi connectivity index (χ4v) is 5.65. The molecule has 2 aliphatic rings. The molecule has 196 valence electrons. The molecule has 3 aromatic rings. The summed E-state index contributed by atoms with van der Waals surface area (Å²) in [6.45, 7) is 6.29. The Bertz CT molecular complexity index is 1490. The highest BCUT2D eigenvalue weighted by Crippen LogP contribution is 2.34. The number of fused-ring (bicyclic) bond motifs is 1. The van der Waals surface area contributed by atoms with E-state index in [0.717, 1.165) is 11.1 Å². The normalized spacial score (nSPS) is 17.1. The third kappa shape index (κ3) is 5.16. The lowest BCUT2D eigenvalue weighted by molar-refractivity contribution is -0.122. The molecule has 2 amide bonds. The fraction of sp³-hybridized carbons (Fsp3) is 0.296. The molecule has 5 rings (SSSR count). The van der Waals surface area contributed by atoms with Crippen LogP contribution >= 0.6 is 24.0 Å². The molecule has 0 radical (unpaired) electrons. The maximum absolute atomic E-state index is 13.6. The van der Waals surface area contributed by atoms with Gasteiger partial charge in [0.05, 0.1) is 23.6 Å². The quantitative estimate of drug-likeness (QED) is 0.352. The summed E-state index contributed by atoms with van der Waals surface area (Å²) in [5.41, 5.74) is 2.65. The smallest absolute Gasteiger partial charge is 0.409 e. The molecular formula is C27H27N5O4S2. The number of pyridine rings is 1. The molecule has 0 unspecified atom stereocenters. The van der Waals surface area contributed by atoms with Crippen molar-refractivity contribution in [1.29, 1.82) is 0 Å². The first-order valence-corrected chi connectivity index (χ1v) is 13.6. The van der Waals surface area contributed by atoms with E-state index in [9.17, 15) is 14.4 Å². The third-order valence-electron chi connectivity index (χ3n) is 6.46. The number of ether oxygens (including phenoxy) is 1. The van der Waals surface area contributed by atoms with Gasteiger partial charge in [-0.2, -0.15) is 0 Å². The Hall–Kier alpha value is -3.70. The van der Waals surface area contributed by atoms with Crippen LogP contribution in [0.5, 0.6) is 0 Å². The first kappa shape index (κ1) is 25.9. The summed E-state index contributed by atoms with van der Waals surface area (Å²) in [7, 11) is 0. The number of thiocarbonyl (C=S) groups is 1. The molecule has 38 heavy (non-hydrogen) atoms. The van der Waals surface area contributed by atoms with Crippen molar-refractivity contribution in [2.45, 2.75) is 20.4 Å². The molecule has 1 aromatic carbocycles. The minimum absolute atomic E-state index is 0.240. The van der Waals surface area contributed by atoms with Gasteiger partial charge in [-0.1, -0.05) is 59.9 Å².